The number of rotatable bonds is 6. The molecule has 6 nitrogen and oxygen atoms in total. The van der Waals surface area contributed by atoms with Gasteiger partial charge in [-0.2, -0.15) is 0 Å². The number of carbonyl (C=O) groups excluding carboxylic acids is 1. The van der Waals surface area contributed by atoms with E-state index < -0.39 is 12.0 Å². The number of nitrogens with one attached hydrogen (secondary N) is 2. The summed E-state index contributed by atoms with van der Waals surface area (Å²) < 4.78 is 5.43. The molecule has 0 fully saturated rings. The number of carbonyl (C=O) groups is 2. The van der Waals surface area contributed by atoms with E-state index in [0.717, 1.165) is 11.1 Å². The summed E-state index contributed by atoms with van der Waals surface area (Å²) >= 11 is 0. The maximum absolute atomic E-state index is 11.3. The second kappa shape index (κ2) is 7.25. The van der Waals surface area contributed by atoms with Gasteiger partial charge in [-0.05, 0) is 31.0 Å². The van der Waals surface area contributed by atoms with E-state index in [4.69, 9.17) is 9.84 Å². The number of urea groups is 1. The first-order valence-electron chi connectivity index (χ1n) is 5.93. The third-order valence-electron chi connectivity index (χ3n) is 2.64. The lowest BCUT2D eigenvalue weighted by Crippen LogP contribution is -2.38. The van der Waals surface area contributed by atoms with Crippen molar-refractivity contribution >= 4 is 12.0 Å². The van der Waals surface area contributed by atoms with Gasteiger partial charge in [0.15, 0.2) is 6.73 Å². The zero-order chi connectivity index (χ0) is 14.3. The number of hydrogen-bond acceptors (Lipinski definition) is 3. The van der Waals surface area contributed by atoms with E-state index in [1.165, 1.54) is 0 Å². The molecule has 1 aromatic rings. The lowest BCUT2D eigenvalue weighted by Gasteiger charge is -2.11. The van der Waals surface area contributed by atoms with Gasteiger partial charge in [-0.3, -0.25) is 4.79 Å². The maximum Gasteiger partial charge on any atom is 0.317 e. The number of ether oxygens (including phenoxy) is 1. The molecule has 0 aliphatic rings. The van der Waals surface area contributed by atoms with Crippen molar-refractivity contribution < 1.29 is 19.4 Å². The van der Waals surface area contributed by atoms with Crippen LogP contribution in [0.2, 0.25) is 0 Å². The summed E-state index contributed by atoms with van der Waals surface area (Å²) in [6.45, 7) is 4.04. The molecule has 1 rings (SSSR count). The van der Waals surface area contributed by atoms with Crippen molar-refractivity contribution in [2.24, 2.45) is 0 Å². The predicted molar refractivity (Wildman–Crippen MR) is 70.2 cm³/mol. The number of carboxylic acids is 1. The molecule has 0 atom stereocenters. The molecule has 19 heavy (non-hydrogen) atoms. The lowest BCUT2D eigenvalue weighted by atomic mass is 10.1. The van der Waals surface area contributed by atoms with Crippen LogP contribution in [-0.4, -0.2) is 30.4 Å². The first-order chi connectivity index (χ1) is 9.00. The molecule has 0 aliphatic heterocycles. The average molecular weight is 266 g/mol. The summed E-state index contributed by atoms with van der Waals surface area (Å²) in [5.41, 5.74) is 2.14. The van der Waals surface area contributed by atoms with E-state index in [9.17, 15) is 9.59 Å². The highest BCUT2D eigenvalue weighted by molar-refractivity contribution is 5.74. The number of aryl methyl sites for hydroxylation is 1. The summed E-state index contributed by atoms with van der Waals surface area (Å²) in [7, 11) is 0. The molecule has 104 valence electrons. The van der Waals surface area contributed by atoms with Crippen LogP contribution in [0.5, 0.6) is 5.75 Å². The molecule has 1 aromatic carbocycles. The van der Waals surface area contributed by atoms with Crippen molar-refractivity contribution in [3.05, 3.63) is 29.3 Å². The lowest BCUT2D eigenvalue weighted by molar-refractivity contribution is -0.136. The Morgan fingerprint density at radius 1 is 1.26 bits per heavy atom. The zero-order valence-corrected chi connectivity index (χ0v) is 11.0. The Kier molecular flexibility index (Phi) is 5.66. The van der Waals surface area contributed by atoms with Crippen molar-refractivity contribution in [2.45, 2.75) is 20.3 Å². The van der Waals surface area contributed by atoms with Crippen molar-refractivity contribution in [3.8, 4) is 5.75 Å². The molecule has 3 N–H and O–H groups in total. The van der Waals surface area contributed by atoms with Gasteiger partial charge in [0.05, 0.1) is 6.42 Å². The third-order valence-corrected chi connectivity index (χ3v) is 2.64. The number of carboxylic acid groups (broad SMARTS) is 1. The van der Waals surface area contributed by atoms with Crippen LogP contribution >= 0.6 is 0 Å². The Morgan fingerprint density at radius 3 is 2.68 bits per heavy atom. The average Bonchev–Trinajstić information content (AvgIpc) is 2.34. The minimum Gasteiger partial charge on any atom is -0.481 e. The molecular weight excluding hydrogens is 248 g/mol. The second-order valence-corrected chi connectivity index (χ2v) is 4.06. The van der Waals surface area contributed by atoms with Gasteiger partial charge < -0.3 is 20.5 Å². The van der Waals surface area contributed by atoms with Crippen LogP contribution in [0.4, 0.5) is 4.79 Å². The van der Waals surface area contributed by atoms with Gasteiger partial charge in [0.2, 0.25) is 0 Å². The van der Waals surface area contributed by atoms with Crippen molar-refractivity contribution in [2.75, 3.05) is 13.3 Å². The van der Waals surface area contributed by atoms with E-state index in [1.807, 2.05) is 32.0 Å². The summed E-state index contributed by atoms with van der Waals surface area (Å²) in [4.78, 5) is 21.5. The highest BCUT2D eigenvalue weighted by Gasteiger charge is 2.04. The molecule has 0 saturated heterocycles. The molecule has 0 aromatic heterocycles. The molecule has 0 unspecified atom stereocenters. The smallest absolute Gasteiger partial charge is 0.317 e. The fourth-order valence-corrected chi connectivity index (χ4v) is 1.41. The number of benzene rings is 1. The molecule has 6 heteroatoms. The molecule has 0 radical (unpaired) electrons. The van der Waals surface area contributed by atoms with Crippen LogP contribution in [0, 0.1) is 13.8 Å². The quantitative estimate of drug-likeness (QED) is 0.679. The monoisotopic (exact) mass is 266 g/mol. The molecular formula is C13H18N2O4. The van der Waals surface area contributed by atoms with Gasteiger partial charge in [0.1, 0.15) is 5.75 Å². The number of hydrogen-bond donors (Lipinski definition) is 3. The van der Waals surface area contributed by atoms with Crippen LogP contribution in [-0.2, 0) is 4.79 Å². The number of aliphatic carboxylic acids is 1. The largest absolute Gasteiger partial charge is 0.481 e. The summed E-state index contributed by atoms with van der Waals surface area (Å²) in [6.07, 6.45) is -0.106. The fourth-order valence-electron chi connectivity index (χ4n) is 1.41. The van der Waals surface area contributed by atoms with Crippen LogP contribution in [0.25, 0.3) is 0 Å². The molecule has 0 bridgehead atoms. The van der Waals surface area contributed by atoms with E-state index in [0.29, 0.717) is 5.75 Å². The summed E-state index contributed by atoms with van der Waals surface area (Å²) in [6, 6.07) is 5.23. The van der Waals surface area contributed by atoms with E-state index in [2.05, 4.69) is 10.6 Å². The van der Waals surface area contributed by atoms with E-state index in [1.54, 1.807) is 0 Å². The molecule has 0 saturated carbocycles. The van der Waals surface area contributed by atoms with Crippen LogP contribution < -0.4 is 15.4 Å². The Hall–Kier alpha value is -2.24. The van der Waals surface area contributed by atoms with Crippen molar-refractivity contribution in [1.82, 2.24) is 10.6 Å². The van der Waals surface area contributed by atoms with Gasteiger partial charge in [-0.25, -0.2) is 4.79 Å². The highest BCUT2D eigenvalue weighted by atomic mass is 16.5. The minimum atomic E-state index is -0.952. The fraction of sp³-hybridized carbons (Fsp3) is 0.385. The minimum absolute atomic E-state index is 0.0310. The zero-order valence-electron chi connectivity index (χ0n) is 11.0. The van der Waals surface area contributed by atoms with Gasteiger partial charge in [-0.1, -0.05) is 12.1 Å². The van der Waals surface area contributed by atoms with E-state index >= 15 is 0 Å². The summed E-state index contributed by atoms with van der Waals surface area (Å²) in [5, 5.41) is 13.3. The van der Waals surface area contributed by atoms with Gasteiger partial charge in [0.25, 0.3) is 0 Å². The molecule has 0 spiro atoms. The molecule has 0 aliphatic carbocycles. The van der Waals surface area contributed by atoms with Crippen LogP contribution in [0.3, 0.4) is 0 Å². The normalized spacial score (nSPS) is 9.79. The highest BCUT2D eigenvalue weighted by Crippen LogP contribution is 2.19. The third kappa shape index (κ3) is 5.29. The SMILES string of the molecule is Cc1cccc(OCNC(=O)NCCC(=O)O)c1C. The molecule has 2 amide bonds. The predicted octanol–water partition coefficient (Wildman–Crippen LogP) is 1.41. The van der Waals surface area contributed by atoms with Crippen LogP contribution in [0.1, 0.15) is 17.5 Å². The van der Waals surface area contributed by atoms with Crippen LogP contribution in [0.15, 0.2) is 18.2 Å². The number of amides is 2. The standard InChI is InChI=1S/C13H18N2O4/c1-9-4-3-5-11(10(9)2)19-8-15-13(18)14-7-6-12(16)17/h3-5H,6-8H2,1-2H3,(H,16,17)(H2,14,15,18). The Morgan fingerprint density at radius 2 is 2.00 bits per heavy atom. The summed E-state index contributed by atoms with van der Waals surface area (Å²) in [5.74, 6) is -0.238. The Labute approximate surface area is 111 Å². The first kappa shape index (κ1) is 14.8. The Balaban J connectivity index is 2.28. The second-order valence-electron chi connectivity index (χ2n) is 4.06. The maximum atomic E-state index is 11.3. The first-order valence-corrected chi connectivity index (χ1v) is 5.93. The van der Waals surface area contributed by atoms with Gasteiger partial charge in [0, 0.05) is 6.54 Å². The van der Waals surface area contributed by atoms with Gasteiger partial charge >= 0.3 is 12.0 Å². The van der Waals surface area contributed by atoms with Crippen molar-refractivity contribution in [3.63, 3.8) is 0 Å². The molecule has 0 heterocycles. The topological polar surface area (TPSA) is 87.7 Å². The van der Waals surface area contributed by atoms with Crippen molar-refractivity contribution in [1.29, 1.82) is 0 Å². The van der Waals surface area contributed by atoms with Gasteiger partial charge in [-0.15, -0.1) is 0 Å². The Bertz CT molecular complexity index is 460. The van der Waals surface area contributed by atoms with E-state index in [-0.39, 0.29) is 19.7 Å².